The first-order valence-corrected chi connectivity index (χ1v) is 7.82. The Bertz CT molecular complexity index is 448. The van der Waals surface area contributed by atoms with E-state index in [0.717, 1.165) is 17.4 Å². The zero-order valence-corrected chi connectivity index (χ0v) is 13.8. The van der Waals surface area contributed by atoms with Crippen LogP contribution in [0.4, 0.5) is 0 Å². The summed E-state index contributed by atoms with van der Waals surface area (Å²) in [5, 5.41) is 3.52. The Balaban J connectivity index is 1.84. The molecule has 0 spiro atoms. The van der Waals surface area contributed by atoms with E-state index < -0.39 is 5.79 Å². The van der Waals surface area contributed by atoms with Gasteiger partial charge < -0.3 is 14.8 Å². The molecule has 0 bridgehead atoms. The smallest absolute Gasteiger partial charge is 0.253 e. The van der Waals surface area contributed by atoms with Crippen molar-refractivity contribution in [2.75, 3.05) is 6.54 Å². The monoisotopic (exact) mass is 339 g/mol. The second kappa shape index (κ2) is 6.64. The molecule has 20 heavy (non-hydrogen) atoms. The van der Waals surface area contributed by atoms with Crippen LogP contribution in [0.3, 0.4) is 0 Å². The Labute approximate surface area is 129 Å². The molecule has 4 heteroatoms. The molecule has 0 unspecified atom stereocenters. The van der Waals surface area contributed by atoms with Crippen molar-refractivity contribution >= 4 is 15.9 Å². The fourth-order valence-corrected chi connectivity index (χ4v) is 2.59. The summed E-state index contributed by atoms with van der Waals surface area (Å²) in [4.78, 5) is 0. The van der Waals surface area contributed by atoms with E-state index in [-0.39, 0.29) is 0 Å². The zero-order chi connectivity index (χ0) is 14.6. The van der Waals surface area contributed by atoms with Crippen molar-refractivity contribution in [3.63, 3.8) is 0 Å². The number of ether oxygens (including phenoxy) is 2. The van der Waals surface area contributed by atoms with Crippen molar-refractivity contribution in [1.29, 1.82) is 0 Å². The van der Waals surface area contributed by atoms with Crippen molar-refractivity contribution in [3.8, 4) is 0 Å². The van der Waals surface area contributed by atoms with Crippen LogP contribution < -0.4 is 5.32 Å². The summed E-state index contributed by atoms with van der Waals surface area (Å²) in [7, 11) is 0. The molecule has 0 aliphatic carbocycles. The second-order valence-electron chi connectivity index (χ2n) is 5.45. The fraction of sp³-hybridized carbons (Fsp3) is 0.500. The molecule has 0 saturated heterocycles. The number of rotatable bonds is 6. The van der Waals surface area contributed by atoms with E-state index in [0.29, 0.717) is 12.0 Å². The first kappa shape index (κ1) is 15.4. The third-order valence-electron chi connectivity index (χ3n) is 3.76. The average molecular weight is 340 g/mol. The first-order valence-electron chi connectivity index (χ1n) is 7.03. The van der Waals surface area contributed by atoms with Gasteiger partial charge in [-0.05, 0) is 24.6 Å². The largest absolute Gasteiger partial charge is 0.456 e. The lowest BCUT2D eigenvalue weighted by Crippen LogP contribution is -2.39. The summed E-state index contributed by atoms with van der Waals surface area (Å²) in [5.74, 6) is -0.200. The Morgan fingerprint density at radius 1 is 1.10 bits per heavy atom. The molecule has 3 nitrogen and oxygen atoms in total. The molecule has 0 radical (unpaired) electrons. The van der Waals surface area contributed by atoms with Crippen LogP contribution in [0.15, 0.2) is 41.3 Å². The molecule has 1 N–H and O–H groups in total. The molecule has 1 aliphatic heterocycles. The van der Waals surface area contributed by atoms with Crippen molar-refractivity contribution in [2.45, 2.75) is 39.0 Å². The van der Waals surface area contributed by atoms with E-state index >= 15 is 0 Å². The van der Waals surface area contributed by atoms with Crippen molar-refractivity contribution < 1.29 is 9.47 Å². The highest BCUT2D eigenvalue weighted by Crippen LogP contribution is 2.32. The van der Waals surface area contributed by atoms with Crippen molar-refractivity contribution in [3.05, 3.63) is 46.8 Å². The lowest BCUT2D eigenvalue weighted by atomic mass is 9.99. The highest BCUT2D eigenvalue weighted by Gasteiger charge is 2.38. The van der Waals surface area contributed by atoms with E-state index in [4.69, 9.17) is 9.47 Å². The molecule has 0 fully saturated rings. The van der Waals surface area contributed by atoms with Gasteiger partial charge in [-0.25, -0.2) is 0 Å². The first-order chi connectivity index (χ1) is 9.53. The number of nitrogens with one attached hydrogen (secondary N) is 1. The van der Waals surface area contributed by atoms with E-state index in [1.54, 1.807) is 12.5 Å². The van der Waals surface area contributed by atoms with Crippen LogP contribution in [0.2, 0.25) is 0 Å². The van der Waals surface area contributed by atoms with Gasteiger partial charge in [0.1, 0.15) is 12.5 Å². The van der Waals surface area contributed by atoms with Gasteiger partial charge in [-0.15, -0.1) is 0 Å². The van der Waals surface area contributed by atoms with Crippen LogP contribution in [0.5, 0.6) is 0 Å². The van der Waals surface area contributed by atoms with Gasteiger partial charge in [-0.1, -0.05) is 41.9 Å². The van der Waals surface area contributed by atoms with Crippen LogP contribution in [0.25, 0.3) is 0 Å². The lowest BCUT2D eigenvalue weighted by molar-refractivity contribution is -0.177. The maximum absolute atomic E-state index is 5.66. The molecule has 2 rings (SSSR count). The summed E-state index contributed by atoms with van der Waals surface area (Å²) in [6, 6.07) is 8.70. The summed E-state index contributed by atoms with van der Waals surface area (Å²) >= 11 is 3.45. The maximum Gasteiger partial charge on any atom is 0.253 e. The topological polar surface area (TPSA) is 30.5 Å². The van der Waals surface area contributed by atoms with E-state index in [2.05, 4.69) is 66.3 Å². The Kier molecular flexibility index (Phi) is 5.11. The molecule has 0 aromatic heterocycles. The van der Waals surface area contributed by atoms with Gasteiger partial charge in [0.05, 0.1) is 0 Å². The molecule has 110 valence electrons. The van der Waals surface area contributed by atoms with Crippen LogP contribution in [-0.4, -0.2) is 12.3 Å². The molecule has 0 saturated carbocycles. The minimum atomic E-state index is -0.508. The van der Waals surface area contributed by atoms with Crippen LogP contribution in [0.1, 0.15) is 38.8 Å². The minimum absolute atomic E-state index is 0.307. The SMILES string of the molecule is CC(C)C1(CCN[C@@H](C)c2ccc(Br)cc2)OC=CO1. The molecule has 1 heterocycles. The van der Waals surface area contributed by atoms with Gasteiger partial charge in [-0.3, -0.25) is 0 Å². The molecule has 0 amide bonds. The van der Waals surface area contributed by atoms with E-state index in [9.17, 15) is 0 Å². The predicted molar refractivity (Wildman–Crippen MR) is 84.1 cm³/mol. The molecule has 1 aromatic carbocycles. The van der Waals surface area contributed by atoms with Gasteiger partial charge in [0.2, 0.25) is 0 Å². The normalized spacial score (nSPS) is 17.9. The van der Waals surface area contributed by atoms with E-state index in [1.165, 1.54) is 5.56 Å². The van der Waals surface area contributed by atoms with Crippen LogP contribution >= 0.6 is 15.9 Å². The van der Waals surface area contributed by atoms with E-state index in [1.807, 2.05) is 0 Å². The van der Waals surface area contributed by atoms with Gasteiger partial charge in [0, 0.05) is 29.4 Å². The van der Waals surface area contributed by atoms with Crippen LogP contribution in [0, 0.1) is 5.92 Å². The number of hydrogen-bond acceptors (Lipinski definition) is 3. The average Bonchev–Trinajstić information content (AvgIpc) is 2.89. The van der Waals surface area contributed by atoms with Gasteiger partial charge >= 0.3 is 0 Å². The molecule has 1 atom stereocenters. The molecule has 1 aliphatic rings. The van der Waals surface area contributed by atoms with Crippen molar-refractivity contribution in [2.24, 2.45) is 5.92 Å². The summed E-state index contributed by atoms with van der Waals surface area (Å²) in [5.41, 5.74) is 1.28. The Morgan fingerprint density at radius 3 is 2.25 bits per heavy atom. The Morgan fingerprint density at radius 2 is 1.70 bits per heavy atom. The zero-order valence-electron chi connectivity index (χ0n) is 12.2. The quantitative estimate of drug-likeness (QED) is 0.835. The number of benzene rings is 1. The molecular weight excluding hydrogens is 318 g/mol. The second-order valence-corrected chi connectivity index (χ2v) is 6.37. The Hall–Kier alpha value is -1.00. The molecular formula is C16H22BrNO2. The summed E-state index contributed by atoms with van der Waals surface area (Å²) in [6.07, 6.45) is 4.09. The third kappa shape index (κ3) is 3.55. The molecule has 1 aromatic rings. The van der Waals surface area contributed by atoms with Gasteiger partial charge in [0.25, 0.3) is 5.79 Å². The minimum Gasteiger partial charge on any atom is -0.456 e. The third-order valence-corrected chi connectivity index (χ3v) is 4.29. The van der Waals surface area contributed by atoms with Gasteiger partial charge in [0.15, 0.2) is 0 Å². The standard InChI is InChI=1S/C16H22BrNO2/c1-12(2)16(19-10-11-20-16)8-9-18-13(3)14-4-6-15(17)7-5-14/h4-7,10-13,18H,8-9H2,1-3H3/t13-/m0/s1. The summed E-state index contributed by atoms with van der Waals surface area (Å²) in [6.45, 7) is 7.24. The lowest BCUT2D eigenvalue weighted by Gasteiger charge is -2.32. The maximum atomic E-state index is 5.66. The number of halogens is 1. The predicted octanol–water partition coefficient (Wildman–Crippen LogP) is 4.36. The summed E-state index contributed by atoms with van der Waals surface area (Å²) < 4.78 is 12.4. The van der Waals surface area contributed by atoms with Gasteiger partial charge in [-0.2, -0.15) is 0 Å². The van der Waals surface area contributed by atoms with Crippen LogP contribution in [-0.2, 0) is 9.47 Å². The fourth-order valence-electron chi connectivity index (χ4n) is 2.32. The van der Waals surface area contributed by atoms with Crippen molar-refractivity contribution in [1.82, 2.24) is 5.32 Å². The highest BCUT2D eigenvalue weighted by atomic mass is 79.9. The number of hydrogen-bond donors (Lipinski definition) is 1. The highest BCUT2D eigenvalue weighted by molar-refractivity contribution is 9.10.